The quantitative estimate of drug-likeness (QED) is 0.710. The summed E-state index contributed by atoms with van der Waals surface area (Å²) in [6.45, 7) is 3.38. The number of carbonyl (C=O) groups is 1. The van der Waals surface area contributed by atoms with Gasteiger partial charge in [-0.05, 0) is 50.7 Å². The third-order valence-electron chi connectivity index (χ3n) is 3.10. The highest BCUT2D eigenvalue weighted by molar-refractivity contribution is 5.95. The number of fused-ring (bicyclic) bond motifs is 1. The Labute approximate surface area is 88.5 Å². The van der Waals surface area contributed by atoms with E-state index in [-0.39, 0.29) is 11.3 Å². The van der Waals surface area contributed by atoms with Crippen LogP contribution in [0.15, 0.2) is 4.79 Å². The van der Waals surface area contributed by atoms with Crippen molar-refractivity contribution in [3.8, 4) is 0 Å². The van der Waals surface area contributed by atoms with E-state index < -0.39 is 0 Å². The van der Waals surface area contributed by atoms with Crippen molar-refractivity contribution in [2.75, 3.05) is 0 Å². The Morgan fingerprint density at radius 2 is 1.80 bits per heavy atom. The highest BCUT2D eigenvalue weighted by Crippen LogP contribution is 2.24. The fourth-order valence-electron chi connectivity index (χ4n) is 2.41. The number of nitrogens with one attached hydrogen (secondary N) is 1. The highest BCUT2D eigenvalue weighted by Gasteiger charge is 2.20. The lowest BCUT2D eigenvalue weighted by molar-refractivity contribution is 0.101. The molecule has 0 aromatic carbocycles. The highest BCUT2D eigenvalue weighted by atomic mass is 16.1. The second kappa shape index (κ2) is 3.65. The molecule has 0 fully saturated rings. The first kappa shape index (κ1) is 10.1. The second-order valence-corrected chi connectivity index (χ2v) is 4.17. The van der Waals surface area contributed by atoms with Crippen LogP contribution in [0.5, 0.6) is 0 Å². The number of hydrogen-bond donors (Lipinski definition) is 1. The van der Waals surface area contributed by atoms with Gasteiger partial charge in [-0.3, -0.25) is 9.59 Å². The van der Waals surface area contributed by atoms with E-state index in [1.165, 1.54) is 12.5 Å². The molecule has 0 spiro atoms. The molecule has 0 radical (unpaired) electrons. The number of ketones is 1. The van der Waals surface area contributed by atoms with E-state index in [4.69, 9.17) is 0 Å². The zero-order valence-electron chi connectivity index (χ0n) is 9.14. The molecule has 0 aliphatic heterocycles. The molecule has 0 saturated carbocycles. The molecule has 15 heavy (non-hydrogen) atoms. The molecule has 3 nitrogen and oxygen atoms in total. The van der Waals surface area contributed by atoms with Crippen LogP contribution in [0, 0.1) is 6.92 Å². The second-order valence-electron chi connectivity index (χ2n) is 4.17. The van der Waals surface area contributed by atoms with Crippen molar-refractivity contribution >= 4 is 5.78 Å². The monoisotopic (exact) mass is 205 g/mol. The van der Waals surface area contributed by atoms with Crippen molar-refractivity contribution < 1.29 is 4.79 Å². The Balaban J connectivity index is 2.74. The van der Waals surface area contributed by atoms with Crippen LogP contribution in [0.3, 0.4) is 0 Å². The number of aromatic nitrogens is 1. The Morgan fingerprint density at radius 3 is 2.40 bits per heavy atom. The predicted molar refractivity (Wildman–Crippen MR) is 58.4 cm³/mol. The average Bonchev–Trinajstić information content (AvgIpc) is 2.17. The molecule has 1 heterocycles. The van der Waals surface area contributed by atoms with Gasteiger partial charge in [-0.15, -0.1) is 0 Å². The van der Waals surface area contributed by atoms with Gasteiger partial charge < -0.3 is 4.98 Å². The van der Waals surface area contributed by atoms with Gasteiger partial charge in [-0.1, -0.05) is 0 Å². The van der Waals surface area contributed by atoms with Gasteiger partial charge >= 0.3 is 0 Å². The minimum atomic E-state index is -0.222. The molecule has 0 amide bonds. The maximum absolute atomic E-state index is 11.7. The van der Waals surface area contributed by atoms with Crippen molar-refractivity contribution in [2.45, 2.75) is 39.5 Å². The van der Waals surface area contributed by atoms with E-state index in [0.29, 0.717) is 5.56 Å². The zero-order valence-corrected chi connectivity index (χ0v) is 9.14. The number of rotatable bonds is 1. The first-order valence-electron chi connectivity index (χ1n) is 5.37. The minimum absolute atomic E-state index is 0.116. The lowest BCUT2D eigenvalue weighted by atomic mass is 9.87. The Kier molecular flexibility index (Phi) is 2.47. The predicted octanol–water partition coefficient (Wildman–Crippen LogP) is 1.76. The Hall–Kier alpha value is -1.38. The topological polar surface area (TPSA) is 49.9 Å². The molecule has 0 saturated heterocycles. The van der Waals surface area contributed by atoms with E-state index >= 15 is 0 Å². The molecule has 3 heteroatoms. The minimum Gasteiger partial charge on any atom is -0.326 e. The maximum Gasteiger partial charge on any atom is 0.259 e. The van der Waals surface area contributed by atoms with Crippen LogP contribution in [0.4, 0.5) is 0 Å². The van der Waals surface area contributed by atoms with Crippen LogP contribution in [0.2, 0.25) is 0 Å². The van der Waals surface area contributed by atoms with Gasteiger partial charge in [0.2, 0.25) is 0 Å². The largest absolute Gasteiger partial charge is 0.326 e. The van der Waals surface area contributed by atoms with Gasteiger partial charge in [0.05, 0.1) is 5.56 Å². The summed E-state index contributed by atoms with van der Waals surface area (Å²) in [7, 11) is 0. The van der Waals surface area contributed by atoms with E-state index in [2.05, 4.69) is 4.98 Å². The molecule has 2 rings (SSSR count). The Bertz CT molecular complexity index is 471. The maximum atomic E-state index is 11.7. The van der Waals surface area contributed by atoms with Crippen molar-refractivity contribution in [1.82, 2.24) is 4.98 Å². The number of aryl methyl sites for hydroxylation is 1. The van der Waals surface area contributed by atoms with E-state index in [0.717, 1.165) is 36.9 Å². The van der Waals surface area contributed by atoms with Crippen molar-refractivity contribution in [3.63, 3.8) is 0 Å². The Morgan fingerprint density at radius 1 is 1.20 bits per heavy atom. The lowest BCUT2D eigenvalue weighted by Crippen LogP contribution is -2.24. The summed E-state index contributed by atoms with van der Waals surface area (Å²) < 4.78 is 0. The van der Waals surface area contributed by atoms with Crippen LogP contribution in [-0.2, 0) is 12.8 Å². The first-order chi connectivity index (χ1) is 7.11. The molecule has 0 atom stereocenters. The van der Waals surface area contributed by atoms with Crippen LogP contribution in [-0.4, -0.2) is 10.8 Å². The molecular weight excluding hydrogens is 190 g/mol. The van der Waals surface area contributed by atoms with Crippen LogP contribution >= 0.6 is 0 Å². The summed E-state index contributed by atoms with van der Waals surface area (Å²) in [5, 5.41) is 0. The third-order valence-corrected chi connectivity index (χ3v) is 3.10. The normalized spacial score (nSPS) is 14.8. The molecule has 0 bridgehead atoms. The zero-order chi connectivity index (χ0) is 11.0. The molecule has 1 N–H and O–H groups in total. The SMILES string of the molecule is CC(=O)c1c2c(c(C)[nH]c1=O)CCCC2. The van der Waals surface area contributed by atoms with Gasteiger partial charge in [-0.25, -0.2) is 0 Å². The van der Waals surface area contributed by atoms with Crippen molar-refractivity contribution in [2.24, 2.45) is 0 Å². The summed E-state index contributed by atoms with van der Waals surface area (Å²) in [6.07, 6.45) is 4.08. The van der Waals surface area contributed by atoms with Crippen LogP contribution < -0.4 is 5.56 Å². The summed E-state index contributed by atoms with van der Waals surface area (Å²) in [6, 6.07) is 0. The fraction of sp³-hybridized carbons (Fsp3) is 0.500. The van der Waals surface area contributed by atoms with Crippen molar-refractivity contribution in [1.29, 1.82) is 0 Å². The lowest BCUT2D eigenvalue weighted by Gasteiger charge is -2.19. The fourth-order valence-corrected chi connectivity index (χ4v) is 2.41. The standard InChI is InChI=1S/C12H15NO2/c1-7-9-5-3-4-6-10(9)11(8(2)14)12(15)13-7/h3-6H2,1-2H3,(H,13,15). The number of carbonyl (C=O) groups excluding carboxylic acids is 1. The number of hydrogen-bond acceptors (Lipinski definition) is 2. The summed E-state index contributed by atoms with van der Waals surface area (Å²) in [5.74, 6) is -0.116. The van der Waals surface area contributed by atoms with E-state index in [1.54, 1.807) is 0 Å². The van der Waals surface area contributed by atoms with E-state index in [1.807, 2.05) is 6.92 Å². The molecule has 1 aromatic heterocycles. The number of H-pyrrole nitrogens is 1. The van der Waals surface area contributed by atoms with Crippen molar-refractivity contribution in [3.05, 3.63) is 32.7 Å². The molecule has 1 aromatic rings. The third kappa shape index (κ3) is 1.62. The molecule has 1 aliphatic rings. The van der Waals surface area contributed by atoms with E-state index in [9.17, 15) is 9.59 Å². The number of Topliss-reactive ketones (excluding diaryl/α,β-unsaturated/α-hetero) is 1. The van der Waals surface area contributed by atoms with Gasteiger partial charge in [0, 0.05) is 5.69 Å². The number of pyridine rings is 1. The molecular formula is C12H15NO2. The smallest absolute Gasteiger partial charge is 0.259 e. The summed E-state index contributed by atoms with van der Waals surface area (Å²) in [4.78, 5) is 25.9. The van der Waals surface area contributed by atoms with Crippen LogP contribution in [0.1, 0.15) is 46.9 Å². The molecule has 1 aliphatic carbocycles. The van der Waals surface area contributed by atoms with Gasteiger partial charge in [0.1, 0.15) is 0 Å². The number of aromatic amines is 1. The van der Waals surface area contributed by atoms with Gasteiger partial charge in [0.25, 0.3) is 5.56 Å². The molecule has 80 valence electrons. The summed E-state index contributed by atoms with van der Waals surface area (Å²) in [5.41, 5.74) is 3.27. The first-order valence-corrected chi connectivity index (χ1v) is 5.37. The average molecular weight is 205 g/mol. The van der Waals surface area contributed by atoms with Gasteiger partial charge in [-0.2, -0.15) is 0 Å². The molecule has 0 unspecified atom stereocenters. The van der Waals surface area contributed by atoms with Crippen LogP contribution in [0.25, 0.3) is 0 Å². The van der Waals surface area contributed by atoms with Gasteiger partial charge in [0.15, 0.2) is 5.78 Å². The summed E-state index contributed by atoms with van der Waals surface area (Å²) >= 11 is 0.